The third-order valence-corrected chi connectivity index (χ3v) is 2.23. The molecule has 2 heterocycles. The fourth-order valence-corrected chi connectivity index (χ4v) is 1.35. The van der Waals surface area contributed by atoms with E-state index in [1.54, 1.807) is 12.3 Å². The van der Waals surface area contributed by atoms with Gasteiger partial charge in [-0.05, 0) is 30.7 Å². The van der Waals surface area contributed by atoms with Crippen LogP contribution in [0.2, 0.25) is 0 Å². The van der Waals surface area contributed by atoms with Crippen LogP contribution in [0.15, 0.2) is 18.3 Å². The third kappa shape index (κ3) is 1.53. The molecule has 0 amide bonds. The van der Waals surface area contributed by atoms with E-state index in [0.29, 0.717) is 6.04 Å². The Kier molecular flexibility index (Phi) is 1.98. The zero-order valence-corrected chi connectivity index (χ0v) is 7.03. The minimum atomic E-state index is -0.971. The number of carboxylic acid groups (broad SMARTS) is 1. The predicted molar refractivity (Wildman–Crippen MR) is 46.6 cm³/mol. The van der Waals surface area contributed by atoms with E-state index >= 15 is 0 Å². The van der Waals surface area contributed by atoms with Gasteiger partial charge in [-0.2, -0.15) is 0 Å². The molecule has 0 bridgehead atoms. The van der Waals surface area contributed by atoms with E-state index in [0.717, 1.165) is 18.5 Å². The van der Waals surface area contributed by atoms with Gasteiger partial charge in [0, 0.05) is 12.2 Å². The summed E-state index contributed by atoms with van der Waals surface area (Å²) in [6.45, 7) is 1.01. The van der Waals surface area contributed by atoms with Crippen LogP contribution in [0.5, 0.6) is 0 Å². The minimum Gasteiger partial charge on any atom is -0.477 e. The second-order valence-corrected chi connectivity index (χ2v) is 3.07. The maximum atomic E-state index is 10.6. The Morgan fingerprint density at radius 2 is 2.46 bits per heavy atom. The maximum Gasteiger partial charge on any atom is 0.354 e. The van der Waals surface area contributed by atoms with Crippen LogP contribution in [-0.2, 0) is 0 Å². The smallest absolute Gasteiger partial charge is 0.354 e. The second kappa shape index (κ2) is 3.14. The molecular formula is C9H10N2O2. The lowest BCUT2D eigenvalue weighted by atomic mass is 9.98. The van der Waals surface area contributed by atoms with Gasteiger partial charge in [-0.15, -0.1) is 0 Å². The first-order chi connectivity index (χ1) is 6.27. The van der Waals surface area contributed by atoms with Crippen LogP contribution in [0.1, 0.15) is 28.5 Å². The normalized spacial score (nSPS) is 20.8. The zero-order chi connectivity index (χ0) is 9.26. The summed E-state index contributed by atoms with van der Waals surface area (Å²) in [5.41, 5.74) is 1.13. The molecule has 1 atom stereocenters. The molecular weight excluding hydrogens is 168 g/mol. The fourth-order valence-electron chi connectivity index (χ4n) is 1.35. The summed E-state index contributed by atoms with van der Waals surface area (Å²) >= 11 is 0. The van der Waals surface area contributed by atoms with Gasteiger partial charge in [0.2, 0.25) is 0 Å². The fraction of sp³-hybridized carbons (Fsp3) is 0.333. The number of hydrogen-bond acceptors (Lipinski definition) is 3. The number of aromatic carboxylic acids is 1. The summed E-state index contributed by atoms with van der Waals surface area (Å²) in [5, 5.41) is 11.9. The number of carboxylic acids is 1. The van der Waals surface area contributed by atoms with Crippen molar-refractivity contribution in [2.45, 2.75) is 12.5 Å². The number of hydrogen-bond donors (Lipinski definition) is 2. The number of nitrogens with zero attached hydrogens (tertiary/aromatic N) is 1. The molecule has 1 unspecified atom stereocenters. The van der Waals surface area contributed by atoms with Gasteiger partial charge in [0.05, 0.1) is 0 Å². The zero-order valence-electron chi connectivity index (χ0n) is 7.03. The van der Waals surface area contributed by atoms with Crippen molar-refractivity contribution in [1.82, 2.24) is 10.3 Å². The molecule has 2 rings (SSSR count). The molecule has 1 aliphatic rings. The monoisotopic (exact) mass is 178 g/mol. The molecule has 1 aromatic heterocycles. The molecule has 0 aromatic carbocycles. The lowest BCUT2D eigenvalue weighted by molar-refractivity contribution is 0.0690. The second-order valence-electron chi connectivity index (χ2n) is 3.07. The Morgan fingerprint density at radius 3 is 3.00 bits per heavy atom. The molecule has 1 aromatic rings. The molecule has 0 spiro atoms. The highest BCUT2D eigenvalue weighted by Crippen LogP contribution is 2.22. The van der Waals surface area contributed by atoms with Crippen LogP contribution in [0.4, 0.5) is 0 Å². The molecule has 13 heavy (non-hydrogen) atoms. The number of pyridine rings is 1. The van der Waals surface area contributed by atoms with Crippen molar-refractivity contribution in [2.75, 3.05) is 6.54 Å². The third-order valence-electron chi connectivity index (χ3n) is 2.23. The van der Waals surface area contributed by atoms with Crippen LogP contribution < -0.4 is 5.32 Å². The van der Waals surface area contributed by atoms with Gasteiger partial charge < -0.3 is 10.4 Å². The van der Waals surface area contributed by atoms with E-state index in [1.807, 2.05) is 6.07 Å². The van der Waals surface area contributed by atoms with Crippen molar-refractivity contribution in [3.8, 4) is 0 Å². The van der Waals surface area contributed by atoms with Crippen molar-refractivity contribution in [3.63, 3.8) is 0 Å². The summed E-state index contributed by atoms with van der Waals surface area (Å²) in [6.07, 6.45) is 2.61. The van der Waals surface area contributed by atoms with Crippen LogP contribution in [-0.4, -0.2) is 22.6 Å². The molecule has 0 aliphatic carbocycles. The lowest BCUT2D eigenvalue weighted by Gasteiger charge is -2.27. The minimum absolute atomic E-state index is 0.117. The maximum absolute atomic E-state index is 10.6. The Bertz CT molecular complexity index is 334. The van der Waals surface area contributed by atoms with Crippen LogP contribution in [0, 0.1) is 0 Å². The highest BCUT2D eigenvalue weighted by atomic mass is 16.4. The number of aromatic nitrogens is 1. The molecule has 0 saturated carbocycles. The lowest BCUT2D eigenvalue weighted by Crippen LogP contribution is -2.35. The van der Waals surface area contributed by atoms with Gasteiger partial charge in [-0.25, -0.2) is 9.78 Å². The van der Waals surface area contributed by atoms with E-state index in [4.69, 9.17) is 5.11 Å². The van der Waals surface area contributed by atoms with Crippen LogP contribution in [0.25, 0.3) is 0 Å². The summed E-state index contributed by atoms with van der Waals surface area (Å²) in [6, 6.07) is 3.80. The largest absolute Gasteiger partial charge is 0.477 e. The van der Waals surface area contributed by atoms with E-state index in [-0.39, 0.29) is 5.69 Å². The van der Waals surface area contributed by atoms with Gasteiger partial charge in [0.25, 0.3) is 0 Å². The summed E-state index contributed by atoms with van der Waals surface area (Å²) in [4.78, 5) is 14.4. The van der Waals surface area contributed by atoms with E-state index in [9.17, 15) is 4.79 Å². The molecule has 4 nitrogen and oxygen atoms in total. The quantitative estimate of drug-likeness (QED) is 0.703. The molecule has 0 radical (unpaired) electrons. The Morgan fingerprint density at radius 1 is 1.69 bits per heavy atom. The Hall–Kier alpha value is -1.42. The summed E-state index contributed by atoms with van der Waals surface area (Å²) in [5.74, 6) is -0.971. The topological polar surface area (TPSA) is 62.2 Å². The van der Waals surface area contributed by atoms with E-state index in [1.165, 1.54) is 0 Å². The molecule has 1 aliphatic heterocycles. The molecule has 2 N–H and O–H groups in total. The number of nitrogens with one attached hydrogen (secondary N) is 1. The van der Waals surface area contributed by atoms with E-state index in [2.05, 4.69) is 10.3 Å². The first-order valence-electron chi connectivity index (χ1n) is 4.20. The molecule has 1 fully saturated rings. The van der Waals surface area contributed by atoms with Gasteiger partial charge in [0.15, 0.2) is 0 Å². The van der Waals surface area contributed by atoms with Gasteiger partial charge in [0.1, 0.15) is 5.69 Å². The molecule has 1 saturated heterocycles. The first-order valence-corrected chi connectivity index (χ1v) is 4.20. The average molecular weight is 178 g/mol. The van der Waals surface area contributed by atoms with Gasteiger partial charge in [-0.3, -0.25) is 0 Å². The van der Waals surface area contributed by atoms with Crippen molar-refractivity contribution in [2.24, 2.45) is 0 Å². The standard InChI is InChI=1S/C9H10N2O2/c12-9(13)8-5-6(1-3-11-8)7-2-4-10-7/h1,3,5,7,10H,2,4H2,(H,12,13). The number of carbonyl (C=O) groups is 1. The SMILES string of the molecule is O=C(O)c1cc(C2CCN2)ccn1. The van der Waals surface area contributed by atoms with Crippen LogP contribution in [0.3, 0.4) is 0 Å². The predicted octanol–water partition coefficient (Wildman–Crippen LogP) is 0.814. The van der Waals surface area contributed by atoms with Crippen molar-refractivity contribution in [3.05, 3.63) is 29.6 Å². The van der Waals surface area contributed by atoms with Crippen molar-refractivity contribution in [1.29, 1.82) is 0 Å². The number of rotatable bonds is 2. The van der Waals surface area contributed by atoms with Gasteiger partial charge in [-0.1, -0.05) is 0 Å². The summed E-state index contributed by atoms with van der Waals surface area (Å²) in [7, 11) is 0. The molecule has 68 valence electrons. The Balaban J connectivity index is 2.26. The first kappa shape index (κ1) is 8.19. The van der Waals surface area contributed by atoms with Crippen molar-refractivity contribution < 1.29 is 9.90 Å². The molecule has 4 heteroatoms. The Labute approximate surface area is 75.6 Å². The highest BCUT2D eigenvalue weighted by molar-refractivity contribution is 5.85. The van der Waals surface area contributed by atoms with E-state index < -0.39 is 5.97 Å². The van der Waals surface area contributed by atoms with Gasteiger partial charge >= 0.3 is 5.97 Å². The summed E-state index contributed by atoms with van der Waals surface area (Å²) < 4.78 is 0. The highest BCUT2D eigenvalue weighted by Gasteiger charge is 2.19. The van der Waals surface area contributed by atoms with Crippen molar-refractivity contribution >= 4 is 5.97 Å². The van der Waals surface area contributed by atoms with Crippen LogP contribution >= 0.6 is 0 Å². The average Bonchev–Trinajstić information content (AvgIpc) is 2.01.